The van der Waals surface area contributed by atoms with E-state index in [0.717, 1.165) is 17.0 Å². The highest BCUT2D eigenvalue weighted by atomic mass is 32.2. The van der Waals surface area contributed by atoms with E-state index in [1.165, 1.54) is 4.31 Å². The fourth-order valence-electron chi connectivity index (χ4n) is 2.48. The molecule has 1 fully saturated rings. The topological polar surface area (TPSA) is 70.9 Å². The number of halogens is 2. The van der Waals surface area contributed by atoms with Crippen LogP contribution in [0.5, 0.6) is 0 Å². The largest absolute Gasteiger partial charge is 0.348 e. The zero-order valence-electron chi connectivity index (χ0n) is 13.1. The lowest BCUT2D eigenvalue weighted by Gasteiger charge is -2.31. The number of amides is 1. The van der Waals surface area contributed by atoms with Gasteiger partial charge in [0.1, 0.15) is 0 Å². The number of nitrogens with zero attached hydrogens (tertiary/aromatic N) is 1. The molecule has 0 spiro atoms. The third-order valence-electron chi connectivity index (χ3n) is 3.81. The fourth-order valence-corrected chi connectivity index (χ4v) is 3.94. The summed E-state index contributed by atoms with van der Waals surface area (Å²) in [5.41, 5.74) is 0. The molecule has 0 unspecified atom stereocenters. The Morgan fingerprint density at radius 1 is 1.29 bits per heavy atom. The zero-order valence-corrected chi connectivity index (χ0v) is 13.9. The lowest BCUT2D eigenvalue weighted by Crippen LogP contribution is -3.15. The highest BCUT2D eigenvalue weighted by molar-refractivity contribution is 7.89. The van der Waals surface area contributed by atoms with Crippen LogP contribution in [0.2, 0.25) is 0 Å². The van der Waals surface area contributed by atoms with Crippen LogP contribution in [0.4, 0.5) is 8.78 Å². The van der Waals surface area contributed by atoms with Crippen LogP contribution in [0.15, 0.2) is 35.7 Å². The number of piperazine rings is 1. The van der Waals surface area contributed by atoms with Crippen LogP contribution in [0.25, 0.3) is 0 Å². The van der Waals surface area contributed by atoms with Crippen LogP contribution in [-0.4, -0.2) is 57.9 Å². The van der Waals surface area contributed by atoms with E-state index in [2.05, 4.69) is 11.9 Å². The Morgan fingerprint density at radius 3 is 2.54 bits per heavy atom. The first-order chi connectivity index (χ1) is 11.3. The predicted molar refractivity (Wildman–Crippen MR) is 83.9 cm³/mol. The molecule has 1 aliphatic heterocycles. The monoisotopic (exact) mass is 360 g/mol. The summed E-state index contributed by atoms with van der Waals surface area (Å²) in [4.78, 5) is 12.3. The first-order valence-corrected chi connectivity index (χ1v) is 8.95. The van der Waals surface area contributed by atoms with Gasteiger partial charge in [-0.15, -0.1) is 6.58 Å². The second-order valence-corrected chi connectivity index (χ2v) is 7.44. The van der Waals surface area contributed by atoms with Crippen LogP contribution >= 0.6 is 0 Å². The van der Waals surface area contributed by atoms with Gasteiger partial charge in [0.2, 0.25) is 10.0 Å². The molecule has 132 valence electrons. The van der Waals surface area contributed by atoms with E-state index in [1.807, 2.05) is 0 Å². The standard InChI is InChI=1S/C15H19F2N3O3S/c1-2-5-18-15(21)11-19-6-8-20(9-7-19)24(22,23)12-3-4-13(16)14(17)10-12/h2-4,10H,1,5-9,11H2,(H,18,21)/p+1. The molecule has 1 aliphatic rings. The number of rotatable bonds is 6. The maximum absolute atomic E-state index is 13.3. The number of carbonyl (C=O) groups excluding carboxylic acids is 1. The summed E-state index contributed by atoms with van der Waals surface area (Å²) in [5, 5.41) is 2.67. The molecule has 0 bridgehead atoms. The Kier molecular flexibility index (Phi) is 6.03. The normalized spacial score (nSPS) is 16.8. The maximum atomic E-state index is 13.3. The quantitative estimate of drug-likeness (QED) is 0.650. The number of hydrogen-bond acceptors (Lipinski definition) is 3. The molecule has 24 heavy (non-hydrogen) atoms. The van der Waals surface area contributed by atoms with E-state index in [4.69, 9.17) is 0 Å². The third kappa shape index (κ3) is 4.37. The lowest BCUT2D eigenvalue weighted by molar-refractivity contribution is -0.895. The smallest absolute Gasteiger partial charge is 0.275 e. The molecule has 1 aromatic rings. The Balaban J connectivity index is 1.96. The van der Waals surface area contributed by atoms with E-state index in [-0.39, 0.29) is 30.4 Å². The van der Waals surface area contributed by atoms with Crippen molar-refractivity contribution in [1.82, 2.24) is 9.62 Å². The average Bonchev–Trinajstić information content (AvgIpc) is 2.56. The average molecular weight is 360 g/mol. The van der Waals surface area contributed by atoms with Crippen LogP contribution in [0.3, 0.4) is 0 Å². The first kappa shape index (κ1) is 18.5. The van der Waals surface area contributed by atoms with Gasteiger partial charge in [0.25, 0.3) is 5.91 Å². The molecule has 1 heterocycles. The molecule has 0 atom stereocenters. The van der Waals surface area contributed by atoms with Crippen molar-refractivity contribution in [3.8, 4) is 0 Å². The molecule has 0 radical (unpaired) electrons. The molecule has 1 saturated heterocycles. The van der Waals surface area contributed by atoms with Crippen molar-refractivity contribution in [2.45, 2.75) is 4.90 Å². The van der Waals surface area contributed by atoms with E-state index in [1.54, 1.807) is 6.08 Å². The highest BCUT2D eigenvalue weighted by Gasteiger charge is 2.31. The van der Waals surface area contributed by atoms with Gasteiger partial charge in [-0.3, -0.25) is 4.79 Å². The molecule has 0 aromatic heterocycles. The van der Waals surface area contributed by atoms with Gasteiger partial charge in [-0.05, 0) is 18.2 Å². The molecule has 2 N–H and O–H groups in total. The Hall–Kier alpha value is -1.84. The molecule has 0 aliphatic carbocycles. The summed E-state index contributed by atoms with van der Waals surface area (Å²) in [6.45, 7) is 5.51. The van der Waals surface area contributed by atoms with E-state index in [0.29, 0.717) is 25.7 Å². The fraction of sp³-hybridized carbons (Fsp3) is 0.400. The van der Waals surface area contributed by atoms with Gasteiger partial charge in [0.15, 0.2) is 18.2 Å². The second kappa shape index (κ2) is 7.82. The summed E-state index contributed by atoms with van der Waals surface area (Å²) >= 11 is 0. The summed E-state index contributed by atoms with van der Waals surface area (Å²) in [7, 11) is -3.87. The summed E-state index contributed by atoms with van der Waals surface area (Å²) in [6.07, 6.45) is 1.58. The van der Waals surface area contributed by atoms with Gasteiger partial charge in [0, 0.05) is 6.54 Å². The van der Waals surface area contributed by atoms with E-state index in [9.17, 15) is 22.0 Å². The van der Waals surface area contributed by atoms with Crippen molar-refractivity contribution in [1.29, 1.82) is 0 Å². The second-order valence-electron chi connectivity index (χ2n) is 5.50. The highest BCUT2D eigenvalue weighted by Crippen LogP contribution is 2.18. The zero-order chi connectivity index (χ0) is 17.7. The molecule has 9 heteroatoms. The number of quaternary nitrogens is 1. The van der Waals surface area contributed by atoms with E-state index < -0.39 is 21.7 Å². The maximum Gasteiger partial charge on any atom is 0.275 e. The number of benzene rings is 1. The van der Waals surface area contributed by atoms with Gasteiger partial charge < -0.3 is 10.2 Å². The molecule has 1 amide bonds. The third-order valence-corrected chi connectivity index (χ3v) is 5.71. The number of sulfonamides is 1. The number of hydrogen-bond donors (Lipinski definition) is 2. The van der Waals surface area contributed by atoms with Crippen LogP contribution in [0.1, 0.15) is 0 Å². The van der Waals surface area contributed by atoms with Gasteiger partial charge in [-0.25, -0.2) is 17.2 Å². The number of nitrogens with one attached hydrogen (secondary N) is 2. The van der Waals surface area contributed by atoms with Crippen molar-refractivity contribution < 1.29 is 26.9 Å². The van der Waals surface area contributed by atoms with Crippen molar-refractivity contribution >= 4 is 15.9 Å². The molecule has 2 rings (SSSR count). The van der Waals surface area contributed by atoms with Crippen molar-refractivity contribution in [3.05, 3.63) is 42.5 Å². The van der Waals surface area contributed by atoms with Crippen molar-refractivity contribution in [2.24, 2.45) is 0 Å². The van der Waals surface area contributed by atoms with Gasteiger partial charge in [0.05, 0.1) is 31.1 Å². The summed E-state index contributed by atoms with van der Waals surface area (Å²) in [5.74, 6) is -2.41. The van der Waals surface area contributed by atoms with Crippen LogP contribution in [0, 0.1) is 11.6 Å². The summed E-state index contributed by atoms with van der Waals surface area (Å²) in [6, 6.07) is 2.54. The van der Waals surface area contributed by atoms with Gasteiger partial charge in [-0.1, -0.05) is 6.08 Å². The molecular formula is C15H20F2N3O3S+. The molecule has 1 aromatic carbocycles. The Morgan fingerprint density at radius 2 is 1.96 bits per heavy atom. The first-order valence-electron chi connectivity index (χ1n) is 7.51. The number of carbonyl (C=O) groups is 1. The van der Waals surface area contributed by atoms with Crippen molar-refractivity contribution in [2.75, 3.05) is 39.3 Å². The van der Waals surface area contributed by atoms with Crippen molar-refractivity contribution in [3.63, 3.8) is 0 Å². The lowest BCUT2D eigenvalue weighted by atomic mass is 10.3. The van der Waals surface area contributed by atoms with Crippen LogP contribution in [-0.2, 0) is 14.8 Å². The van der Waals surface area contributed by atoms with E-state index >= 15 is 0 Å². The summed E-state index contributed by atoms with van der Waals surface area (Å²) < 4.78 is 52.4. The minimum atomic E-state index is -3.87. The predicted octanol–water partition coefficient (Wildman–Crippen LogP) is -0.844. The van der Waals surface area contributed by atoms with Crippen LogP contribution < -0.4 is 10.2 Å². The SMILES string of the molecule is C=CCNC(=O)C[NH+]1CCN(S(=O)(=O)c2ccc(F)c(F)c2)CC1. The molecule has 0 saturated carbocycles. The minimum absolute atomic E-state index is 0.123. The van der Waals surface area contributed by atoms with Gasteiger partial charge >= 0.3 is 0 Å². The Bertz CT molecular complexity index is 717. The minimum Gasteiger partial charge on any atom is -0.348 e. The van der Waals surface area contributed by atoms with Gasteiger partial charge in [-0.2, -0.15) is 4.31 Å². The molecular weight excluding hydrogens is 340 g/mol. The molecule has 6 nitrogen and oxygen atoms in total. The Labute approximate surface area is 139 Å².